The third-order valence-corrected chi connectivity index (χ3v) is 3.50. The number of allylic oxidation sites excluding steroid dienone is 5. The van der Waals surface area contributed by atoms with Gasteiger partial charge in [0.15, 0.2) is 5.69 Å². The predicted molar refractivity (Wildman–Crippen MR) is 90.5 cm³/mol. The van der Waals surface area contributed by atoms with E-state index in [-0.39, 0.29) is 5.69 Å². The van der Waals surface area contributed by atoms with Crippen molar-refractivity contribution in [2.24, 2.45) is 0 Å². The van der Waals surface area contributed by atoms with Crippen LogP contribution in [0.15, 0.2) is 53.8 Å². The molecular weight excluding hydrogens is 314 g/mol. The van der Waals surface area contributed by atoms with E-state index in [4.69, 9.17) is 16.7 Å². The Bertz CT molecular complexity index is 720. The van der Waals surface area contributed by atoms with Gasteiger partial charge in [-0.3, -0.25) is 0 Å². The highest BCUT2D eigenvalue weighted by Crippen LogP contribution is 2.31. The standard InChI is InChI=1S/C17H18ClN3O2/c1-3-5-6-16-13(18)8-12(10-21(16)7-4-2)14-9-15(17(22)23)20-11-19-14/h4,6-11H,3,5H2,1-2H3,(H,22,23)/b7-4-,16-6+. The predicted octanol–water partition coefficient (Wildman–Crippen LogP) is 4.17. The van der Waals surface area contributed by atoms with Gasteiger partial charge in [0.1, 0.15) is 6.33 Å². The number of carboxylic acid groups (broad SMARTS) is 1. The summed E-state index contributed by atoms with van der Waals surface area (Å²) < 4.78 is 0. The molecule has 0 fully saturated rings. The van der Waals surface area contributed by atoms with Gasteiger partial charge in [-0.2, -0.15) is 0 Å². The number of aromatic carboxylic acids is 1. The van der Waals surface area contributed by atoms with E-state index in [0.29, 0.717) is 10.7 Å². The van der Waals surface area contributed by atoms with Gasteiger partial charge in [0.05, 0.1) is 16.4 Å². The van der Waals surface area contributed by atoms with Gasteiger partial charge in [0, 0.05) is 18.0 Å². The topological polar surface area (TPSA) is 66.3 Å². The number of carboxylic acids is 1. The Balaban J connectivity index is 2.44. The molecule has 2 rings (SSSR count). The molecule has 1 aliphatic rings. The van der Waals surface area contributed by atoms with Gasteiger partial charge in [-0.25, -0.2) is 14.8 Å². The number of hydrogen-bond donors (Lipinski definition) is 1. The summed E-state index contributed by atoms with van der Waals surface area (Å²) in [5, 5.41) is 9.64. The van der Waals surface area contributed by atoms with Gasteiger partial charge in [-0.15, -0.1) is 0 Å². The summed E-state index contributed by atoms with van der Waals surface area (Å²) >= 11 is 6.41. The first-order chi connectivity index (χ1) is 11.1. The van der Waals surface area contributed by atoms with Crippen LogP contribution in [0.1, 0.15) is 42.9 Å². The Hall–Kier alpha value is -2.40. The summed E-state index contributed by atoms with van der Waals surface area (Å²) in [5.41, 5.74) is 2.10. The molecule has 0 amide bonds. The Labute approximate surface area is 140 Å². The second-order valence-electron chi connectivity index (χ2n) is 4.94. The largest absolute Gasteiger partial charge is 0.477 e. The average molecular weight is 332 g/mol. The smallest absolute Gasteiger partial charge is 0.354 e. The Morgan fingerprint density at radius 1 is 1.43 bits per heavy atom. The minimum atomic E-state index is -1.09. The van der Waals surface area contributed by atoms with Crippen LogP contribution in [0.3, 0.4) is 0 Å². The van der Waals surface area contributed by atoms with Crippen LogP contribution in [0.4, 0.5) is 0 Å². The summed E-state index contributed by atoms with van der Waals surface area (Å²) in [6, 6.07) is 1.43. The monoisotopic (exact) mass is 331 g/mol. The first-order valence-electron chi connectivity index (χ1n) is 7.33. The summed E-state index contributed by atoms with van der Waals surface area (Å²) in [7, 11) is 0. The Morgan fingerprint density at radius 2 is 2.22 bits per heavy atom. The lowest BCUT2D eigenvalue weighted by Crippen LogP contribution is -2.14. The van der Waals surface area contributed by atoms with Crippen LogP contribution in [0, 0.1) is 0 Å². The zero-order chi connectivity index (χ0) is 16.8. The second kappa shape index (κ2) is 7.74. The van der Waals surface area contributed by atoms with E-state index in [1.54, 1.807) is 6.08 Å². The number of nitrogens with zero attached hydrogens (tertiary/aromatic N) is 3. The molecule has 23 heavy (non-hydrogen) atoms. The highest BCUT2D eigenvalue weighted by atomic mass is 35.5. The highest BCUT2D eigenvalue weighted by Gasteiger charge is 2.18. The van der Waals surface area contributed by atoms with Crippen molar-refractivity contribution in [2.75, 3.05) is 0 Å². The van der Waals surface area contributed by atoms with Crippen LogP contribution < -0.4 is 0 Å². The van der Waals surface area contributed by atoms with Crippen molar-refractivity contribution in [2.45, 2.75) is 26.7 Å². The van der Waals surface area contributed by atoms with Crippen molar-refractivity contribution in [1.82, 2.24) is 14.9 Å². The molecule has 0 aromatic carbocycles. The zero-order valence-electron chi connectivity index (χ0n) is 13.0. The highest BCUT2D eigenvalue weighted by molar-refractivity contribution is 6.32. The fourth-order valence-corrected chi connectivity index (χ4v) is 2.42. The molecular formula is C17H18ClN3O2. The maximum absolute atomic E-state index is 11.1. The number of carbonyl (C=O) groups is 1. The lowest BCUT2D eigenvalue weighted by Gasteiger charge is -2.25. The Kier molecular flexibility index (Phi) is 5.71. The number of unbranched alkanes of at least 4 members (excludes halogenated alkanes) is 1. The second-order valence-corrected chi connectivity index (χ2v) is 5.35. The third-order valence-electron chi connectivity index (χ3n) is 3.20. The van der Waals surface area contributed by atoms with Gasteiger partial charge < -0.3 is 10.0 Å². The van der Waals surface area contributed by atoms with Crippen LogP contribution in [-0.2, 0) is 0 Å². The molecule has 0 radical (unpaired) electrons. The van der Waals surface area contributed by atoms with Crippen molar-refractivity contribution in [1.29, 1.82) is 0 Å². The van der Waals surface area contributed by atoms with E-state index in [2.05, 4.69) is 23.0 Å². The van der Waals surface area contributed by atoms with Crippen molar-refractivity contribution in [3.8, 4) is 0 Å². The molecule has 5 nitrogen and oxygen atoms in total. The molecule has 0 spiro atoms. The van der Waals surface area contributed by atoms with Crippen molar-refractivity contribution < 1.29 is 9.90 Å². The summed E-state index contributed by atoms with van der Waals surface area (Å²) in [5.74, 6) is -1.09. The molecule has 1 aliphatic heterocycles. The Morgan fingerprint density at radius 3 is 2.87 bits per heavy atom. The van der Waals surface area contributed by atoms with Crippen LogP contribution >= 0.6 is 11.6 Å². The SMILES string of the molecule is C/C=C\N1C=C(c2cc(C(=O)O)ncn2)C=C(Cl)/C1=C\CCC. The minimum Gasteiger partial charge on any atom is -0.477 e. The molecule has 0 unspecified atom stereocenters. The summed E-state index contributed by atoms with van der Waals surface area (Å²) in [6.07, 6.45) is 12.7. The van der Waals surface area contributed by atoms with Crippen molar-refractivity contribution in [3.05, 3.63) is 65.1 Å². The normalized spacial score (nSPS) is 16.7. The first kappa shape index (κ1) is 17.0. The minimum absolute atomic E-state index is 0.0506. The number of halogens is 1. The van der Waals surface area contributed by atoms with Crippen LogP contribution in [0.25, 0.3) is 5.57 Å². The van der Waals surface area contributed by atoms with Crippen molar-refractivity contribution in [3.63, 3.8) is 0 Å². The molecule has 1 N–H and O–H groups in total. The van der Waals surface area contributed by atoms with Gasteiger partial charge in [0.2, 0.25) is 0 Å². The maximum atomic E-state index is 11.1. The molecule has 0 atom stereocenters. The zero-order valence-corrected chi connectivity index (χ0v) is 13.8. The van der Waals surface area contributed by atoms with E-state index >= 15 is 0 Å². The third kappa shape index (κ3) is 4.07. The van der Waals surface area contributed by atoms with Crippen LogP contribution in [0.5, 0.6) is 0 Å². The van der Waals surface area contributed by atoms with E-state index in [9.17, 15) is 4.79 Å². The van der Waals surface area contributed by atoms with Crippen LogP contribution in [-0.4, -0.2) is 25.9 Å². The molecule has 6 heteroatoms. The van der Waals surface area contributed by atoms with Gasteiger partial charge >= 0.3 is 5.97 Å². The van der Waals surface area contributed by atoms with E-state index in [1.807, 2.05) is 30.3 Å². The lowest BCUT2D eigenvalue weighted by molar-refractivity contribution is 0.0690. The van der Waals surface area contributed by atoms with Gasteiger partial charge in [-0.05, 0) is 25.5 Å². The number of hydrogen-bond acceptors (Lipinski definition) is 4. The first-order valence-corrected chi connectivity index (χ1v) is 7.71. The maximum Gasteiger partial charge on any atom is 0.354 e. The molecule has 1 aromatic rings. The van der Waals surface area contributed by atoms with E-state index in [1.165, 1.54) is 12.4 Å². The van der Waals surface area contributed by atoms with E-state index in [0.717, 1.165) is 24.1 Å². The molecule has 0 aliphatic carbocycles. The molecule has 2 heterocycles. The van der Waals surface area contributed by atoms with E-state index < -0.39 is 5.97 Å². The van der Waals surface area contributed by atoms with Gasteiger partial charge in [0.25, 0.3) is 0 Å². The van der Waals surface area contributed by atoms with Crippen LogP contribution in [0.2, 0.25) is 0 Å². The van der Waals surface area contributed by atoms with Gasteiger partial charge in [-0.1, -0.05) is 37.1 Å². The summed E-state index contributed by atoms with van der Waals surface area (Å²) in [4.78, 5) is 20.8. The number of rotatable bonds is 5. The fourth-order valence-electron chi connectivity index (χ4n) is 2.13. The quantitative estimate of drug-likeness (QED) is 0.877. The number of aromatic nitrogens is 2. The molecule has 1 aromatic heterocycles. The average Bonchev–Trinajstić information content (AvgIpc) is 2.54. The molecule has 0 saturated carbocycles. The van der Waals surface area contributed by atoms with Crippen molar-refractivity contribution >= 4 is 23.1 Å². The molecule has 0 saturated heterocycles. The lowest BCUT2D eigenvalue weighted by atomic mass is 10.1. The summed E-state index contributed by atoms with van der Waals surface area (Å²) in [6.45, 7) is 4.03. The fraction of sp³-hybridized carbons (Fsp3) is 0.235. The molecule has 120 valence electrons. The molecule has 0 bridgehead atoms.